The summed E-state index contributed by atoms with van der Waals surface area (Å²) in [5.74, 6) is 0. The molecular formula is C18H28N2O3S. The zero-order valence-electron chi connectivity index (χ0n) is 14.6. The van der Waals surface area contributed by atoms with Gasteiger partial charge in [0.25, 0.3) is 0 Å². The highest BCUT2D eigenvalue weighted by Gasteiger charge is 2.32. The fourth-order valence-electron chi connectivity index (χ4n) is 4.00. The third kappa shape index (κ3) is 3.76. The Labute approximate surface area is 145 Å². The van der Waals surface area contributed by atoms with Gasteiger partial charge in [0, 0.05) is 12.6 Å². The Balaban J connectivity index is 1.76. The number of hydrogen-bond acceptors (Lipinski definition) is 4. The summed E-state index contributed by atoms with van der Waals surface area (Å²) in [4.78, 5) is 2.34. The number of sulfonamides is 1. The Morgan fingerprint density at radius 1 is 1.21 bits per heavy atom. The topological polar surface area (TPSA) is 60.9 Å². The lowest BCUT2D eigenvalue weighted by molar-refractivity contribution is 0.115. The first-order valence-electron chi connectivity index (χ1n) is 8.89. The second-order valence-corrected chi connectivity index (χ2v) is 9.09. The van der Waals surface area contributed by atoms with Crippen LogP contribution in [0.2, 0.25) is 0 Å². The molecule has 0 amide bonds. The number of fused-ring (bicyclic) bond motifs is 1. The van der Waals surface area contributed by atoms with Crippen molar-refractivity contribution in [3.05, 3.63) is 29.3 Å². The maximum atomic E-state index is 12.0. The predicted molar refractivity (Wildman–Crippen MR) is 96.8 cm³/mol. The van der Waals surface area contributed by atoms with E-state index in [1.807, 2.05) is 25.1 Å². The number of nitrogens with zero attached hydrogens (tertiary/aromatic N) is 2. The number of rotatable bonds is 4. The molecule has 2 aliphatic rings. The van der Waals surface area contributed by atoms with Crippen molar-refractivity contribution in [3.8, 4) is 0 Å². The number of anilines is 1. The molecule has 0 bridgehead atoms. The van der Waals surface area contributed by atoms with Gasteiger partial charge in [-0.25, -0.2) is 8.42 Å². The minimum atomic E-state index is -3.26. The molecular weight excluding hydrogens is 324 g/mol. The molecule has 0 unspecified atom stereocenters. The van der Waals surface area contributed by atoms with Gasteiger partial charge in [0.05, 0.1) is 18.0 Å². The van der Waals surface area contributed by atoms with Gasteiger partial charge in [-0.05, 0) is 56.5 Å². The van der Waals surface area contributed by atoms with Crippen LogP contribution in [0.15, 0.2) is 18.2 Å². The third-order valence-electron chi connectivity index (χ3n) is 5.13. The number of aliphatic hydroxyl groups is 1. The minimum absolute atomic E-state index is 0.0620. The summed E-state index contributed by atoms with van der Waals surface area (Å²) in [7, 11) is -3.26. The van der Waals surface area contributed by atoms with Crippen molar-refractivity contribution in [1.29, 1.82) is 0 Å². The molecule has 134 valence electrons. The van der Waals surface area contributed by atoms with Crippen LogP contribution in [-0.4, -0.2) is 50.4 Å². The summed E-state index contributed by atoms with van der Waals surface area (Å²) in [5.41, 5.74) is 2.66. The lowest BCUT2D eigenvalue weighted by Gasteiger charge is -2.24. The van der Waals surface area contributed by atoms with E-state index in [9.17, 15) is 13.5 Å². The normalized spacial score (nSPS) is 23.8. The van der Waals surface area contributed by atoms with E-state index in [0.29, 0.717) is 13.0 Å². The van der Waals surface area contributed by atoms with Gasteiger partial charge in [-0.15, -0.1) is 0 Å². The van der Waals surface area contributed by atoms with Crippen LogP contribution in [-0.2, 0) is 16.4 Å². The Morgan fingerprint density at radius 3 is 2.50 bits per heavy atom. The SMILES string of the molecule is C[C@@H]1Cc2cc([C@H](O)CN3CCCCCC3)ccc2N1S(C)(=O)=O. The molecule has 6 heteroatoms. The molecule has 0 aromatic heterocycles. The van der Waals surface area contributed by atoms with Crippen LogP contribution in [0.4, 0.5) is 5.69 Å². The first kappa shape index (κ1) is 17.7. The molecule has 1 fully saturated rings. The molecule has 1 N–H and O–H groups in total. The summed E-state index contributed by atoms with van der Waals surface area (Å²) in [6.07, 6.45) is 6.41. The minimum Gasteiger partial charge on any atom is -0.387 e. The van der Waals surface area contributed by atoms with Gasteiger partial charge in [0.1, 0.15) is 0 Å². The van der Waals surface area contributed by atoms with Crippen molar-refractivity contribution in [2.24, 2.45) is 0 Å². The molecule has 0 radical (unpaired) electrons. The molecule has 5 nitrogen and oxygen atoms in total. The van der Waals surface area contributed by atoms with Crippen LogP contribution in [0.25, 0.3) is 0 Å². The zero-order chi connectivity index (χ0) is 17.3. The molecule has 2 heterocycles. The monoisotopic (exact) mass is 352 g/mol. The van der Waals surface area contributed by atoms with E-state index < -0.39 is 16.1 Å². The average Bonchev–Trinajstić information content (AvgIpc) is 2.66. The maximum absolute atomic E-state index is 12.0. The van der Waals surface area contributed by atoms with Gasteiger partial charge in [0.15, 0.2) is 0 Å². The summed E-state index contributed by atoms with van der Waals surface area (Å²) >= 11 is 0. The van der Waals surface area contributed by atoms with E-state index in [0.717, 1.165) is 29.9 Å². The lowest BCUT2D eigenvalue weighted by atomic mass is 10.0. The van der Waals surface area contributed by atoms with Crippen molar-refractivity contribution in [2.75, 3.05) is 30.2 Å². The van der Waals surface area contributed by atoms with Crippen molar-refractivity contribution in [1.82, 2.24) is 4.90 Å². The Bertz CT molecular complexity index is 682. The lowest BCUT2D eigenvalue weighted by Crippen LogP contribution is -2.34. The fourth-order valence-corrected chi connectivity index (χ4v) is 5.27. The molecule has 2 aliphatic heterocycles. The third-order valence-corrected chi connectivity index (χ3v) is 6.40. The highest BCUT2D eigenvalue weighted by Crippen LogP contribution is 2.35. The van der Waals surface area contributed by atoms with Crippen molar-refractivity contribution < 1.29 is 13.5 Å². The van der Waals surface area contributed by atoms with Crippen LogP contribution >= 0.6 is 0 Å². The van der Waals surface area contributed by atoms with Gasteiger partial charge in [-0.3, -0.25) is 4.31 Å². The Hall–Kier alpha value is -1.11. The molecule has 1 aromatic carbocycles. The number of likely N-dealkylation sites (tertiary alicyclic amines) is 1. The highest BCUT2D eigenvalue weighted by molar-refractivity contribution is 7.92. The van der Waals surface area contributed by atoms with Crippen molar-refractivity contribution in [3.63, 3.8) is 0 Å². The van der Waals surface area contributed by atoms with E-state index in [1.54, 1.807) is 0 Å². The Kier molecular flexibility index (Phi) is 5.18. The molecule has 24 heavy (non-hydrogen) atoms. The Morgan fingerprint density at radius 2 is 1.88 bits per heavy atom. The molecule has 3 rings (SSSR count). The standard InChI is InChI=1S/C18H28N2O3S/c1-14-11-16-12-15(7-8-17(16)20(14)24(2,22)23)18(21)13-19-9-5-3-4-6-10-19/h7-8,12,14,18,21H,3-6,9-11,13H2,1-2H3/t14-,18-/m1/s1. The molecule has 1 aromatic rings. The zero-order valence-corrected chi connectivity index (χ0v) is 15.4. The van der Waals surface area contributed by atoms with Crippen LogP contribution in [0.5, 0.6) is 0 Å². The smallest absolute Gasteiger partial charge is 0.232 e. The summed E-state index contributed by atoms with van der Waals surface area (Å²) < 4.78 is 25.5. The van der Waals surface area contributed by atoms with Crippen molar-refractivity contribution >= 4 is 15.7 Å². The second-order valence-electron chi connectivity index (χ2n) is 7.23. The number of β-amino-alcohol motifs (C(OH)–C–C–N with tert-alkyl or cyclic N) is 1. The van der Waals surface area contributed by atoms with E-state index in [4.69, 9.17) is 0 Å². The maximum Gasteiger partial charge on any atom is 0.232 e. The van der Waals surface area contributed by atoms with Gasteiger partial charge >= 0.3 is 0 Å². The van der Waals surface area contributed by atoms with Crippen LogP contribution in [0, 0.1) is 0 Å². The van der Waals surface area contributed by atoms with Gasteiger partial charge < -0.3 is 10.0 Å². The summed E-state index contributed by atoms with van der Waals surface area (Å²) in [6.45, 7) is 4.69. The molecule has 1 saturated heterocycles. The second kappa shape index (κ2) is 7.02. The van der Waals surface area contributed by atoms with Gasteiger partial charge in [-0.2, -0.15) is 0 Å². The van der Waals surface area contributed by atoms with E-state index in [2.05, 4.69) is 4.90 Å². The van der Waals surface area contributed by atoms with E-state index >= 15 is 0 Å². The van der Waals surface area contributed by atoms with Gasteiger partial charge in [0.2, 0.25) is 10.0 Å². The highest BCUT2D eigenvalue weighted by atomic mass is 32.2. The number of hydrogen-bond donors (Lipinski definition) is 1. The molecule has 2 atom stereocenters. The van der Waals surface area contributed by atoms with Crippen LogP contribution < -0.4 is 4.31 Å². The first-order valence-corrected chi connectivity index (χ1v) is 10.7. The van der Waals surface area contributed by atoms with E-state index in [1.165, 1.54) is 36.2 Å². The average molecular weight is 352 g/mol. The summed E-state index contributed by atoms with van der Waals surface area (Å²) in [6, 6.07) is 5.64. The fraction of sp³-hybridized carbons (Fsp3) is 0.667. The quantitative estimate of drug-likeness (QED) is 0.903. The molecule has 0 aliphatic carbocycles. The first-order chi connectivity index (χ1) is 11.4. The van der Waals surface area contributed by atoms with Crippen LogP contribution in [0.1, 0.15) is 49.8 Å². The van der Waals surface area contributed by atoms with Crippen LogP contribution in [0.3, 0.4) is 0 Å². The number of aliphatic hydroxyl groups excluding tert-OH is 1. The number of benzene rings is 1. The van der Waals surface area contributed by atoms with Crippen molar-refractivity contribution in [2.45, 2.75) is 51.2 Å². The largest absolute Gasteiger partial charge is 0.387 e. The van der Waals surface area contributed by atoms with Gasteiger partial charge in [-0.1, -0.05) is 25.0 Å². The predicted octanol–water partition coefficient (Wildman–Crippen LogP) is 2.31. The molecule has 0 saturated carbocycles. The van der Waals surface area contributed by atoms with E-state index in [-0.39, 0.29) is 6.04 Å². The summed E-state index contributed by atoms with van der Waals surface area (Å²) in [5, 5.41) is 10.6. The molecule has 0 spiro atoms.